The molecule has 2 atom stereocenters. The molecule has 2 unspecified atom stereocenters. The van der Waals surface area contributed by atoms with Gasteiger partial charge in [-0.15, -0.1) is 0 Å². The van der Waals surface area contributed by atoms with E-state index in [0.717, 1.165) is 78.0 Å². The molecular weight excluding hydrogens is 592 g/mol. The molecular formula is C42H30N4O2. The number of nitrogens with zero attached hydrogens (tertiary/aromatic N) is 1. The average Bonchev–Trinajstić information content (AvgIpc) is 3.74. The van der Waals surface area contributed by atoms with Gasteiger partial charge in [-0.1, -0.05) is 115 Å². The van der Waals surface area contributed by atoms with E-state index in [-0.39, 0.29) is 12.3 Å². The zero-order chi connectivity index (χ0) is 31.6. The maximum Gasteiger partial charge on any atom is 0.144 e. The molecule has 0 saturated heterocycles. The molecule has 3 N–H and O–H groups in total. The fourth-order valence-electron chi connectivity index (χ4n) is 7.36. The van der Waals surface area contributed by atoms with Gasteiger partial charge in [0, 0.05) is 51.2 Å². The Kier molecular flexibility index (Phi) is 6.04. The summed E-state index contributed by atoms with van der Waals surface area (Å²) >= 11 is 0. The molecule has 2 aliphatic rings. The van der Waals surface area contributed by atoms with E-state index >= 15 is 0 Å². The van der Waals surface area contributed by atoms with Crippen molar-refractivity contribution in [2.24, 2.45) is 4.99 Å². The van der Waals surface area contributed by atoms with Crippen LogP contribution in [-0.2, 0) is 6.54 Å². The van der Waals surface area contributed by atoms with Gasteiger partial charge in [-0.05, 0) is 40.1 Å². The molecule has 0 amide bonds. The zero-order valence-electron chi connectivity index (χ0n) is 25.9. The van der Waals surface area contributed by atoms with Crippen molar-refractivity contribution in [2.45, 2.75) is 18.9 Å². The molecule has 2 aromatic heterocycles. The SMILES string of the molecule is C1=C(c2cccc3c2oc2ccc4ccccc4c23)NCc2c1oc1cccc(C3=NC(c4ccccc4)NC(c4ccccc4)N3)c21. The number of nitrogens with one attached hydrogen (secondary N) is 3. The topological polar surface area (TPSA) is 74.7 Å². The van der Waals surface area contributed by atoms with E-state index in [4.69, 9.17) is 13.8 Å². The maximum absolute atomic E-state index is 6.58. The van der Waals surface area contributed by atoms with E-state index in [9.17, 15) is 0 Å². The third-order valence-corrected chi connectivity index (χ3v) is 9.62. The smallest absolute Gasteiger partial charge is 0.144 e. The van der Waals surface area contributed by atoms with Gasteiger partial charge in [0.1, 0.15) is 40.7 Å². The van der Waals surface area contributed by atoms with Crippen LogP contribution >= 0.6 is 0 Å². The summed E-state index contributed by atoms with van der Waals surface area (Å²) in [7, 11) is 0. The molecule has 6 nitrogen and oxygen atoms in total. The van der Waals surface area contributed by atoms with Gasteiger partial charge in [0.15, 0.2) is 0 Å². The Balaban J connectivity index is 1.09. The van der Waals surface area contributed by atoms with Gasteiger partial charge in [0.05, 0.1) is 0 Å². The second-order valence-electron chi connectivity index (χ2n) is 12.4. The van der Waals surface area contributed by atoms with E-state index in [1.165, 1.54) is 10.8 Å². The highest BCUT2D eigenvalue weighted by Gasteiger charge is 2.29. The van der Waals surface area contributed by atoms with Crippen LogP contribution in [-0.4, -0.2) is 5.84 Å². The van der Waals surface area contributed by atoms with Gasteiger partial charge < -0.3 is 19.5 Å². The predicted octanol–water partition coefficient (Wildman–Crippen LogP) is 9.42. The third kappa shape index (κ3) is 4.27. The standard InChI is InChI=1S/C42H30N4O2/c1-3-12-26(13-4-1)40-44-41(27-14-5-2-6-15-27)46-42(45-40)31-19-10-20-34-38(31)32-24-43-33(23-36(32)47-34)29-17-9-18-30-37-28-16-8-7-11-25(28)21-22-35(37)48-39(29)30/h1-23,40-41,43-44H,24H2,(H,45,46). The molecule has 0 bridgehead atoms. The van der Waals surface area contributed by atoms with Gasteiger partial charge >= 0.3 is 0 Å². The van der Waals surface area contributed by atoms with Gasteiger partial charge in [-0.2, -0.15) is 0 Å². The van der Waals surface area contributed by atoms with Gasteiger partial charge in [-0.3, -0.25) is 5.32 Å². The zero-order valence-corrected chi connectivity index (χ0v) is 25.9. The summed E-state index contributed by atoms with van der Waals surface area (Å²) in [6.45, 7) is 0.612. The van der Waals surface area contributed by atoms with Crippen LogP contribution in [0, 0.1) is 0 Å². The first-order chi connectivity index (χ1) is 23.8. The minimum Gasteiger partial charge on any atom is -0.456 e. The lowest BCUT2D eigenvalue weighted by Crippen LogP contribution is -2.45. The summed E-state index contributed by atoms with van der Waals surface area (Å²) in [5, 5.41) is 16.8. The molecule has 6 heteroatoms. The van der Waals surface area contributed by atoms with Crippen molar-refractivity contribution >= 4 is 61.3 Å². The number of amidine groups is 1. The Bertz CT molecular complexity index is 2580. The Hall–Kier alpha value is -6.11. The molecule has 8 aromatic rings. The number of fused-ring (bicyclic) bond motifs is 8. The van der Waals surface area contributed by atoms with Crippen LogP contribution in [0.3, 0.4) is 0 Å². The lowest BCUT2D eigenvalue weighted by Gasteiger charge is -2.32. The number of aliphatic imine (C=N–C) groups is 1. The van der Waals surface area contributed by atoms with Crippen LogP contribution in [0.4, 0.5) is 0 Å². The van der Waals surface area contributed by atoms with Crippen LogP contribution in [0.5, 0.6) is 0 Å². The lowest BCUT2D eigenvalue weighted by atomic mass is 9.98. The average molecular weight is 623 g/mol. The summed E-state index contributed by atoms with van der Waals surface area (Å²) in [5.74, 6) is 1.68. The van der Waals surface area contributed by atoms with Crippen molar-refractivity contribution in [1.29, 1.82) is 0 Å². The second kappa shape index (κ2) is 10.7. The highest BCUT2D eigenvalue weighted by atomic mass is 16.3. The Labute approximate surface area is 276 Å². The molecule has 0 spiro atoms. The molecule has 6 aromatic carbocycles. The van der Waals surface area contributed by atoms with E-state index < -0.39 is 0 Å². The van der Waals surface area contributed by atoms with Crippen LogP contribution in [0.25, 0.3) is 55.5 Å². The fraction of sp³-hybridized carbons (Fsp3) is 0.0714. The summed E-state index contributed by atoms with van der Waals surface area (Å²) in [6.07, 6.45) is 1.78. The molecule has 10 rings (SSSR count). The van der Waals surface area contributed by atoms with E-state index in [1.807, 2.05) is 24.3 Å². The van der Waals surface area contributed by atoms with Gasteiger partial charge in [0.2, 0.25) is 0 Å². The van der Waals surface area contributed by atoms with E-state index in [0.29, 0.717) is 6.54 Å². The predicted molar refractivity (Wildman–Crippen MR) is 193 cm³/mol. The van der Waals surface area contributed by atoms with Crippen molar-refractivity contribution in [3.8, 4) is 0 Å². The van der Waals surface area contributed by atoms with Crippen LogP contribution in [0.15, 0.2) is 147 Å². The number of rotatable bonds is 4. The number of hydrogen-bond acceptors (Lipinski definition) is 6. The summed E-state index contributed by atoms with van der Waals surface area (Å²) < 4.78 is 13.1. The number of furan rings is 2. The first-order valence-electron chi connectivity index (χ1n) is 16.3. The third-order valence-electron chi connectivity index (χ3n) is 9.62. The Morgan fingerprint density at radius 2 is 1.33 bits per heavy atom. The van der Waals surface area contributed by atoms with Gasteiger partial charge in [0.25, 0.3) is 0 Å². The van der Waals surface area contributed by atoms with E-state index in [2.05, 4.69) is 131 Å². The molecule has 230 valence electrons. The van der Waals surface area contributed by atoms with Crippen molar-refractivity contribution in [1.82, 2.24) is 16.0 Å². The highest BCUT2D eigenvalue weighted by molar-refractivity contribution is 6.20. The van der Waals surface area contributed by atoms with Crippen LogP contribution in [0.1, 0.15) is 45.9 Å². The summed E-state index contributed by atoms with van der Waals surface area (Å²) in [5.41, 5.74) is 8.97. The van der Waals surface area contributed by atoms with Crippen molar-refractivity contribution < 1.29 is 8.83 Å². The first-order valence-corrected chi connectivity index (χ1v) is 16.3. The molecule has 0 radical (unpaired) electrons. The number of para-hydroxylation sites is 1. The molecule has 2 aliphatic heterocycles. The van der Waals surface area contributed by atoms with Crippen molar-refractivity contribution in [3.05, 3.63) is 167 Å². The van der Waals surface area contributed by atoms with Crippen molar-refractivity contribution in [2.75, 3.05) is 0 Å². The second-order valence-corrected chi connectivity index (χ2v) is 12.4. The number of hydrogen-bond donors (Lipinski definition) is 3. The van der Waals surface area contributed by atoms with Crippen LogP contribution in [0.2, 0.25) is 0 Å². The summed E-state index contributed by atoms with van der Waals surface area (Å²) in [4.78, 5) is 5.22. The Morgan fingerprint density at radius 3 is 2.21 bits per heavy atom. The minimum absolute atomic E-state index is 0.118. The minimum atomic E-state index is -0.211. The molecule has 0 aliphatic carbocycles. The van der Waals surface area contributed by atoms with Crippen molar-refractivity contribution in [3.63, 3.8) is 0 Å². The molecule has 0 fully saturated rings. The molecule has 4 heterocycles. The highest BCUT2D eigenvalue weighted by Crippen LogP contribution is 2.40. The molecule has 48 heavy (non-hydrogen) atoms. The lowest BCUT2D eigenvalue weighted by molar-refractivity contribution is 0.409. The number of benzene rings is 6. The quantitative estimate of drug-likeness (QED) is 0.182. The largest absolute Gasteiger partial charge is 0.456 e. The van der Waals surface area contributed by atoms with E-state index in [1.54, 1.807) is 0 Å². The van der Waals surface area contributed by atoms with Gasteiger partial charge in [-0.25, -0.2) is 4.99 Å². The summed E-state index contributed by atoms with van der Waals surface area (Å²) in [6, 6.07) is 46.1. The maximum atomic E-state index is 6.58. The normalized spacial score (nSPS) is 17.6. The van der Waals surface area contributed by atoms with Crippen LogP contribution < -0.4 is 16.0 Å². The fourth-order valence-corrected chi connectivity index (χ4v) is 7.36. The first kappa shape index (κ1) is 27.0. The molecule has 0 saturated carbocycles. The Morgan fingerprint density at radius 1 is 0.604 bits per heavy atom. The monoisotopic (exact) mass is 622 g/mol.